The van der Waals surface area contributed by atoms with Gasteiger partial charge in [-0.25, -0.2) is 0 Å². The van der Waals surface area contributed by atoms with Crippen LogP contribution >= 0.6 is 0 Å². The fourth-order valence-electron chi connectivity index (χ4n) is 4.20. The summed E-state index contributed by atoms with van der Waals surface area (Å²) >= 11 is 0. The Labute approximate surface area is 165 Å². The Bertz CT molecular complexity index is 645. The third-order valence-corrected chi connectivity index (χ3v) is 6.18. The van der Waals surface area contributed by atoms with Crippen LogP contribution in [0.5, 0.6) is 0 Å². The first-order valence-corrected chi connectivity index (χ1v) is 10.4. The molecule has 1 aromatic carbocycles. The van der Waals surface area contributed by atoms with Crippen LogP contribution in [-0.2, 0) is 14.3 Å². The Morgan fingerprint density at radius 1 is 0.963 bits per heavy atom. The van der Waals surface area contributed by atoms with E-state index in [0.717, 1.165) is 6.42 Å². The normalized spacial score (nSPS) is 24.4. The van der Waals surface area contributed by atoms with Crippen LogP contribution in [0.3, 0.4) is 0 Å². The van der Waals surface area contributed by atoms with E-state index < -0.39 is 5.60 Å². The average molecular weight is 375 g/mol. The first-order chi connectivity index (χ1) is 12.5. The molecule has 1 fully saturated rings. The molecule has 0 aliphatic heterocycles. The molecule has 0 bridgehead atoms. The van der Waals surface area contributed by atoms with Gasteiger partial charge in [-0.15, -0.1) is 0 Å². The minimum Gasteiger partial charge on any atom is -0.368 e. The van der Waals surface area contributed by atoms with Crippen LogP contribution in [0.15, 0.2) is 12.1 Å². The van der Waals surface area contributed by atoms with Crippen molar-refractivity contribution in [3.8, 4) is 0 Å². The standard InChI is InChI=1S/C24H38O3/c1-14(2)18-12-19(15(3)4)23(20(13-18)16(5)6)17(7)27-22-11-10-21(25)24(22,8)26-9/h12-17,22H,10-11H2,1-9H3/t17?,22-,24-/m0/s1. The van der Waals surface area contributed by atoms with E-state index in [9.17, 15) is 4.79 Å². The molecule has 0 aromatic heterocycles. The molecule has 1 aliphatic carbocycles. The van der Waals surface area contributed by atoms with E-state index in [0.29, 0.717) is 24.2 Å². The van der Waals surface area contributed by atoms with E-state index in [1.807, 2.05) is 6.92 Å². The number of hydrogen-bond donors (Lipinski definition) is 0. The van der Waals surface area contributed by atoms with Crippen molar-refractivity contribution in [1.29, 1.82) is 0 Å². The Kier molecular flexibility index (Phi) is 6.91. The lowest BCUT2D eigenvalue weighted by Gasteiger charge is -2.33. The molecule has 3 nitrogen and oxygen atoms in total. The summed E-state index contributed by atoms with van der Waals surface area (Å²) < 4.78 is 12.1. The highest BCUT2D eigenvalue weighted by Crippen LogP contribution is 2.40. The van der Waals surface area contributed by atoms with Crippen molar-refractivity contribution in [2.45, 2.75) is 104 Å². The summed E-state index contributed by atoms with van der Waals surface area (Å²) in [7, 11) is 1.61. The second-order valence-corrected chi connectivity index (χ2v) is 9.12. The van der Waals surface area contributed by atoms with Crippen LogP contribution in [0.25, 0.3) is 0 Å². The van der Waals surface area contributed by atoms with Gasteiger partial charge < -0.3 is 9.47 Å². The molecular weight excluding hydrogens is 336 g/mol. The maximum Gasteiger partial charge on any atom is 0.167 e. The molecule has 0 spiro atoms. The average Bonchev–Trinajstić information content (AvgIpc) is 2.88. The fourth-order valence-corrected chi connectivity index (χ4v) is 4.20. The maximum atomic E-state index is 12.3. The molecule has 2 rings (SSSR count). The van der Waals surface area contributed by atoms with Crippen molar-refractivity contribution in [3.05, 3.63) is 34.4 Å². The smallest absolute Gasteiger partial charge is 0.167 e. The van der Waals surface area contributed by atoms with Crippen LogP contribution in [0.1, 0.15) is 114 Å². The molecule has 0 radical (unpaired) electrons. The van der Waals surface area contributed by atoms with E-state index in [-0.39, 0.29) is 18.0 Å². The van der Waals surface area contributed by atoms with Crippen LogP contribution in [0.4, 0.5) is 0 Å². The third kappa shape index (κ3) is 4.30. The second-order valence-electron chi connectivity index (χ2n) is 9.12. The van der Waals surface area contributed by atoms with E-state index in [2.05, 4.69) is 60.6 Å². The van der Waals surface area contributed by atoms with Gasteiger partial charge in [-0.1, -0.05) is 53.7 Å². The van der Waals surface area contributed by atoms with Gasteiger partial charge in [0.25, 0.3) is 0 Å². The molecule has 0 heterocycles. The minimum absolute atomic E-state index is 0.0774. The van der Waals surface area contributed by atoms with Crippen LogP contribution in [-0.4, -0.2) is 24.6 Å². The summed E-state index contributed by atoms with van der Waals surface area (Å²) in [6.45, 7) is 17.5. The molecule has 1 saturated carbocycles. The summed E-state index contributed by atoms with van der Waals surface area (Å²) in [5.74, 6) is 1.47. The molecule has 3 atom stereocenters. The van der Waals surface area contributed by atoms with Crippen molar-refractivity contribution in [1.82, 2.24) is 0 Å². The number of ketones is 1. The molecule has 0 saturated heterocycles. The van der Waals surface area contributed by atoms with Gasteiger partial charge in [0.15, 0.2) is 5.78 Å². The van der Waals surface area contributed by atoms with E-state index in [1.54, 1.807) is 7.11 Å². The monoisotopic (exact) mass is 374 g/mol. The molecule has 1 aromatic rings. The number of methoxy groups -OCH3 is 1. The first-order valence-electron chi connectivity index (χ1n) is 10.4. The van der Waals surface area contributed by atoms with Crippen molar-refractivity contribution >= 4 is 5.78 Å². The van der Waals surface area contributed by atoms with Crippen LogP contribution < -0.4 is 0 Å². The highest BCUT2D eigenvalue weighted by molar-refractivity contribution is 5.90. The Morgan fingerprint density at radius 3 is 1.89 bits per heavy atom. The number of benzene rings is 1. The molecular formula is C24H38O3. The predicted molar refractivity (Wildman–Crippen MR) is 112 cm³/mol. The predicted octanol–water partition coefficient (Wildman–Crippen LogP) is 6.27. The summed E-state index contributed by atoms with van der Waals surface area (Å²) in [5.41, 5.74) is 4.57. The van der Waals surface area contributed by atoms with Crippen LogP contribution in [0.2, 0.25) is 0 Å². The maximum absolute atomic E-state index is 12.3. The number of rotatable bonds is 7. The van der Waals surface area contributed by atoms with Gasteiger partial charge in [-0.2, -0.15) is 0 Å². The molecule has 3 heteroatoms. The van der Waals surface area contributed by atoms with Gasteiger partial charge in [0, 0.05) is 13.5 Å². The minimum atomic E-state index is -0.831. The Hall–Kier alpha value is -1.19. The lowest BCUT2D eigenvalue weighted by atomic mass is 9.82. The molecule has 152 valence electrons. The summed E-state index contributed by atoms with van der Waals surface area (Å²) in [4.78, 5) is 12.3. The van der Waals surface area contributed by atoms with E-state index in [1.165, 1.54) is 22.3 Å². The van der Waals surface area contributed by atoms with Gasteiger partial charge in [0.1, 0.15) is 5.60 Å². The molecule has 27 heavy (non-hydrogen) atoms. The van der Waals surface area contributed by atoms with Crippen molar-refractivity contribution < 1.29 is 14.3 Å². The van der Waals surface area contributed by atoms with Gasteiger partial charge in [-0.3, -0.25) is 4.79 Å². The zero-order valence-electron chi connectivity index (χ0n) is 18.7. The molecule has 1 aliphatic rings. The van der Waals surface area contributed by atoms with Crippen molar-refractivity contribution in [3.63, 3.8) is 0 Å². The number of carbonyl (C=O) groups is 1. The molecule has 1 unspecified atom stereocenters. The highest BCUT2D eigenvalue weighted by Gasteiger charge is 2.48. The number of ether oxygens (including phenoxy) is 2. The summed E-state index contributed by atoms with van der Waals surface area (Å²) in [6.07, 6.45) is 0.981. The van der Waals surface area contributed by atoms with E-state index >= 15 is 0 Å². The van der Waals surface area contributed by atoms with Gasteiger partial charge >= 0.3 is 0 Å². The topological polar surface area (TPSA) is 35.5 Å². The first kappa shape index (κ1) is 22.1. The Balaban J connectivity index is 2.48. The second kappa shape index (κ2) is 8.45. The number of Topliss-reactive ketones (excluding diaryl/α,β-unsaturated/α-hetero) is 1. The summed E-state index contributed by atoms with van der Waals surface area (Å²) in [5, 5.41) is 0. The largest absolute Gasteiger partial charge is 0.368 e. The lowest BCUT2D eigenvalue weighted by molar-refractivity contribution is -0.154. The van der Waals surface area contributed by atoms with Gasteiger partial charge in [0.05, 0.1) is 12.2 Å². The number of carbonyl (C=O) groups excluding carboxylic acids is 1. The molecule has 0 amide bonds. The zero-order valence-corrected chi connectivity index (χ0v) is 18.7. The van der Waals surface area contributed by atoms with Gasteiger partial charge in [-0.05, 0) is 60.3 Å². The Morgan fingerprint density at radius 2 is 1.48 bits per heavy atom. The third-order valence-electron chi connectivity index (χ3n) is 6.18. The SMILES string of the molecule is CO[C@@]1(C)C(=O)CC[C@@H]1OC(C)c1c(C(C)C)cc(C(C)C)cc1C(C)C. The summed E-state index contributed by atoms with van der Waals surface area (Å²) in [6, 6.07) is 4.71. The molecule has 0 N–H and O–H groups in total. The van der Waals surface area contributed by atoms with Crippen molar-refractivity contribution in [2.75, 3.05) is 7.11 Å². The van der Waals surface area contributed by atoms with Crippen LogP contribution in [0, 0.1) is 0 Å². The fraction of sp³-hybridized carbons (Fsp3) is 0.708. The van der Waals surface area contributed by atoms with Gasteiger partial charge in [0.2, 0.25) is 0 Å². The van der Waals surface area contributed by atoms with E-state index in [4.69, 9.17) is 9.47 Å². The quantitative estimate of drug-likeness (QED) is 0.564. The lowest BCUT2D eigenvalue weighted by Crippen LogP contribution is -2.44. The zero-order chi connectivity index (χ0) is 20.5. The van der Waals surface area contributed by atoms with Crippen molar-refractivity contribution in [2.24, 2.45) is 0 Å². The highest BCUT2D eigenvalue weighted by atomic mass is 16.6. The number of hydrogen-bond acceptors (Lipinski definition) is 3.